The fourth-order valence-corrected chi connectivity index (χ4v) is 3.89. The first-order valence-corrected chi connectivity index (χ1v) is 8.62. The lowest BCUT2D eigenvalue weighted by Crippen LogP contribution is -2.43. The van der Waals surface area contributed by atoms with Crippen molar-refractivity contribution in [2.24, 2.45) is 0 Å². The summed E-state index contributed by atoms with van der Waals surface area (Å²) in [7, 11) is -3.54. The van der Waals surface area contributed by atoms with E-state index in [0.717, 1.165) is 4.90 Å². The van der Waals surface area contributed by atoms with Gasteiger partial charge in [0.25, 0.3) is 11.8 Å². The molecule has 3 rings (SSSR count). The minimum Gasteiger partial charge on any atom is -0.365 e. The Labute approximate surface area is 128 Å². The van der Waals surface area contributed by atoms with Crippen molar-refractivity contribution < 1.29 is 22.7 Å². The van der Waals surface area contributed by atoms with Gasteiger partial charge in [-0.3, -0.25) is 14.5 Å². The van der Waals surface area contributed by atoms with Gasteiger partial charge in [0.2, 0.25) is 10.0 Å². The van der Waals surface area contributed by atoms with Gasteiger partial charge >= 0.3 is 0 Å². The minimum atomic E-state index is -3.54. The van der Waals surface area contributed by atoms with Crippen LogP contribution in [-0.2, 0) is 14.8 Å². The van der Waals surface area contributed by atoms with E-state index in [1.807, 2.05) is 0 Å². The smallest absolute Gasteiger partial charge is 0.261 e. The summed E-state index contributed by atoms with van der Waals surface area (Å²) >= 11 is 0. The lowest BCUT2D eigenvalue weighted by Gasteiger charge is -2.26. The molecule has 0 radical (unpaired) electrons. The summed E-state index contributed by atoms with van der Waals surface area (Å²) in [5.74, 6) is -1.17. The Hall–Kier alpha value is -1.77. The van der Waals surface area contributed by atoms with Gasteiger partial charge in [-0.1, -0.05) is 12.1 Å². The van der Waals surface area contributed by atoms with E-state index in [1.165, 1.54) is 4.31 Å². The third-order valence-corrected chi connectivity index (χ3v) is 5.55. The van der Waals surface area contributed by atoms with Crippen molar-refractivity contribution in [2.45, 2.75) is 6.42 Å². The maximum absolute atomic E-state index is 12.2. The molecule has 0 bridgehead atoms. The van der Waals surface area contributed by atoms with Crippen LogP contribution >= 0.6 is 0 Å². The average molecular weight is 324 g/mol. The molecule has 2 aliphatic rings. The molecule has 1 saturated heterocycles. The molecule has 0 aliphatic carbocycles. The molecule has 0 aromatic heterocycles. The first-order valence-electron chi connectivity index (χ1n) is 7.01. The first-order chi connectivity index (χ1) is 10.5. The molecule has 2 heterocycles. The summed E-state index contributed by atoms with van der Waals surface area (Å²) in [4.78, 5) is 25.3. The van der Waals surface area contributed by atoms with Gasteiger partial charge in [-0.2, -0.15) is 4.31 Å². The molecule has 1 aromatic rings. The molecule has 2 amide bonds. The lowest BCUT2D eigenvalue weighted by atomic mass is 10.1. The van der Waals surface area contributed by atoms with Crippen molar-refractivity contribution in [3.05, 3.63) is 35.4 Å². The van der Waals surface area contributed by atoms with E-state index in [2.05, 4.69) is 0 Å². The third kappa shape index (κ3) is 2.65. The highest BCUT2D eigenvalue weighted by molar-refractivity contribution is 7.89. The average Bonchev–Trinajstić information content (AvgIpc) is 2.78. The van der Waals surface area contributed by atoms with Crippen molar-refractivity contribution >= 4 is 21.8 Å². The number of rotatable bonds is 4. The SMILES string of the molecule is O=C1c2ccccc2C(=O)N1CCS(=O)(=O)N1CCCOC1. The Morgan fingerprint density at radius 1 is 1.09 bits per heavy atom. The number of fused-ring (bicyclic) bond motifs is 1. The monoisotopic (exact) mass is 324 g/mol. The summed E-state index contributed by atoms with van der Waals surface area (Å²) < 4.78 is 30.8. The summed E-state index contributed by atoms with van der Waals surface area (Å²) in [5.41, 5.74) is 0.650. The molecule has 118 valence electrons. The largest absolute Gasteiger partial charge is 0.365 e. The molecule has 2 aliphatic heterocycles. The van der Waals surface area contributed by atoms with E-state index >= 15 is 0 Å². The summed E-state index contributed by atoms with van der Waals surface area (Å²) in [6.07, 6.45) is 0.645. The number of ether oxygens (including phenoxy) is 1. The summed E-state index contributed by atoms with van der Waals surface area (Å²) in [5, 5.41) is 0. The molecular formula is C14H16N2O5S. The number of carbonyl (C=O) groups is 2. The van der Waals surface area contributed by atoms with Gasteiger partial charge in [0, 0.05) is 19.7 Å². The number of hydrogen-bond acceptors (Lipinski definition) is 5. The van der Waals surface area contributed by atoms with Crippen molar-refractivity contribution in [3.63, 3.8) is 0 Å². The van der Waals surface area contributed by atoms with Gasteiger partial charge in [0.15, 0.2) is 0 Å². The number of benzene rings is 1. The van der Waals surface area contributed by atoms with Gasteiger partial charge in [-0.15, -0.1) is 0 Å². The van der Waals surface area contributed by atoms with Gasteiger partial charge in [-0.25, -0.2) is 8.42 Å². The van der Waals surface area contributed by atoms with Crippen LogP contribution in [0.1, 0.15) is 27.1 Å². The molecule has 0 spiro atoms. The Bertz CT molecular complexity index is 675. The van der Waals surface area contributed by atoms with Gasteiger partial charge in [-0.05, 0) is 18.6 Å². The molecule has 7 nitrogen and oxygen atoms in total. The van der Waals surface area contributed by atoms with E-state index in [-0.39, 0.29) is 19.0 Å². The van der Waals surface area contributed by atoms with E-state index < -0.39 is 21.8 Å². The number of hydrogen-bond donors (Lipinski definition) is 0. The fraction of sp³-hybridized carbons (Fsp3) is 0.429. The molecule has 0 atom stereocenters. The first kappa shape index (κ1) is 15.1. The molecule has 0 N–H and O–H groups in total. The number of nitrogens with zero attached hydrogens (tertiary/aromatic N) is 2. The number of imide groups is 1. The molecule has 22 heavy (non-hydrogen) atoms. The van der Waals surface area contributed by atoms with Crippen molar-refractivity contribution in [2.75, 3.05) is 32.2 Å². The van der Waals surface area contributed by atoms with E-state index in [9.17, 15) is 18.0 Å². The Balaban J connectivity index is 1.70. The maximum atomic E-state index is 12.2. The highest BCUT2D eigenvalue weighted by Crippen LogP contribution is 2.22. The van der Waals surface area contributed by atoms with Crippen molar-refractivity contribution in [3.8, 4) is 0 Å². The zero-order valence-corrected chi connectivity index (χ0v) is 12.7. The Morgan fingerprint density at radius 3 is 2.27 bits per heavy atom. The van der Waals surface area contributed by atoms with Gasteiger partial charge in [0.1, 0.15) is 6.73 Å². The quantitative estimate of drug-likeness (QED) is 0.744. The van der Waals surface area contributed by atoms with E-state index in [0.29, 0.717) is 30.7 Å². The lowest BCUT2D eigenvalue weighted by molar-refractivity contribution is 0.0312. The zero-order chi connectivity index (χ0) is 15.7. The van der Waals surface area contributed by atoms with E-state index in [1.54, 1.807) is 24.3 Å². The molecular weight excluding hydrogens is 308 g/mol. The Morgan fingerprint density at radius 2 is 1.73 bits per heavy atom. The topological polar surface area (TPSA) is 84.0 Å². The van der Waals surface area contributed by atoms with Crippen LogP contribution in [0.5, 0.6) is 0 Å². The molecule has 1 fully saturated rings. The predicted molar refractivity (Wildman–Crippen MR) is 77.7 cm³/mol. The molecule has 0 saturated carbocycles. The maximum Gasteiger partial charge on any atom is 0.261 e. The second-order valence-corrected chi connectivity index (χ2v) is 7.28. The highest BCUT2D eigenvalue weighted by Gasteiger charge is 2.36. The highest BCUT2D eigenvalue weighted by atomic mass is 32.2. The molecule has 0 unspecified atom stereocenters. The van der Waals surface area contributed by atoms with Crippen molar-refractivity contribution in [1.29, 1.82) is 0 Å². The van der Waals surface area contributed by atoms with Gasteiger partial charge in [0.05, 0.1) is 16.9 Å². The summed E-state index contributed by atoms with van der Waals surface area (Å²) in [6, 6.07) is 6.50. The zero-order valence-electron chi connectivity index (χ0n) is 11.9. The van der Waals surface area contributed by atoms with Crippen LogP contribution in [0.2, 0.25) is 0 Å². The van der Waals surface area contributed by atoms with Gasteiger partial charge < -0.3 is 4.74 Å². The number of sulfonamides is 1. The Kier molecular flexibility index (Phi) is 3.98. The van der Waals surface area contributed by atoms with Crippen LogP contribution in [0.4, 0.5) is 0 Å². The third-order valence-electron chi connectivity index (χ3n) is 3.78. The van der Waals surface area contributed by atoms with Crippen LogP contribution in [0.25, 0.3) is 0 Å². The van der Waals surface area contributed by atoms with Crippen LogP contribution in [0.3, 0.4) is 0 Å². The standard InChI is InChI=1S/C14H16N2O5S/c17-13-11-4-1-2-5-12(11)14(18)16(13)7-9-22(19,20)15-6-3-8-21-10-15/h1-2,4-5H,3,6-10H2. The van der Waals surface area contributed by atoms with Crippen LogP contribution in [-0.4, -0.2) is 61.6 Å². The second-order valence-electron chi connectivity index (χ2n) is 5.19. The predicted octanol–water partition coefficient (Wildman–Crippen LogP) is 0.292. The summed E-state index contributed by atoms with van der Waals surface area (Å²) in [6.45, 7) is 0.838. The molecule has 1 aromatic carbocycles. The van der Waals surface area contributed by atoms with Crippen molar-refractivity contribution in [1.82, 2.24) is 9.21 Å². The number of carbonyl (C=O) groups excluding carboxylic acids is 2. The fourth-order valence-electron chi connectivity index (χ4n) is 2.57. The second kappa shape index (κ2) is 5.79. The molecule has 8 heteroatoms. The van der Waals surface area contributed by atoms with Crippen LogP contribution < -0.4 is 0 Å². The minimum absolute atomic E-state index is 0.0322. The number of amides is 2. The van der Waals surface area contributed by atoms with Crippen LogP contribution in [0, 0.1) is 0 Å². The van der Waals surface area contributed by atoms with Crippen LogP contribution in [0.15, 0.2) is 24.3 Å². The van der Waals surface area contributed by atoms with E-state index in [4.69, 9.17) is 4.74 Å². The normalized spacial score (nSPS) is 19.5.